The van der Waals surface area contributed by atoms with Gasteiger partial charge in [-0.1, -0.05) is 36.4 Å². The van der Waals surface area contributed by atoms with Gasteiger partial charge in [-0.05, 0) is 18.2 Å². The number of rotatable bonds is 9. The first-order valence-electron chi connectivity index (χ1n) is 10.5. The number of carbonyl (C=O) groups is 3. The molecule has 0 saturated carbocycles. The summed E-state index contributed by atoms with van der Waals surface area (Å²) in [5.74, 6) is -1.63. The number of carbonyl (C=O) groups excluding carboxylic acids is 3. The first-order valence-corrected chi connectivity index (χ1v) is 12.8. The van der Waals surface area contributed by atoms with E-state index in [-0.39, 0.29) is 22.9 Å². The van der Waals surface area contributed by atoms with E-state index in [1.807, 2.05) is 30.3 Å². The molecule has 1 atom stereocenters. The second kappa shape index (κ2) is 11.2. The predicted octanol–water partition coefficient (Wildman–Crippen LogP) is 1.93. The second-order valence-electron chi connectivity index (χ2n) is 7.67. The summed E-state index contributed by atoms with van der Waals surface area (Å²) in [7, 11) is -0.977. The molecule has 3 rings (SSSR count). The highest BCUT2D eigenvalue weighted by Gasteiger charge is 2.24. The smallest absolute Gasteiger partial charge is 0.252 e. The highest BCUT2D eigenvalue weighted by atomic mass is 32.2. The minimum absolute atomic E-state index is 0.0502. The summed E-state index contributed by atoms with van der Waals surface area (Å²) < 4.78 is 25.8. The number of amides is 3. The molecule has 0 fully saturated rings. The molecule has 2 aromatic carbocycles. The molecule has 12 heteroatoms. The number of sulfonamides is 1. The Labute approximate surface area is 207 Å². The highest BCUT2D eigenvalue weighted by molar-refractivity contribution is 7.89. The van der Waals surface area contributed by atoms with Gasteiger partial charge in [0.05, 0.1) is 10.6 Å². The van der Waals surface area contributed by atoms with Crippen molar-refractivity contribution >= 4 is 44.2 Å². The van der Waals surface area contributed by atoms with Gasteiger partial charge in [0.1, 0.15) is 6.04 Å². The maximum absolute atomic E-state index is 12.9. The van der Waals surface area contributed by atoms with Crippen LogP contribution >= 0.6 is 11.3 Å². The molecule has 0 aliphatic carbocycles. The monoisotopic (exact) mass is 515 g/mol. The highest BCUT2D eigenvalue weighted by Crippen LogP contribution is 2.24. The maximum atomic E-state index is 12.9. The van der Waals surface area contributed by atoms with E-state index >= 15 is 0 Å². The van der Waals surface area contributed by atoms with Crippen molar-refractivity contribution in [2.24, 2.45) is 0 Å². The Morgan fingerprint density at radius 2 is 1.77 bits per heavy atom. The van der Waals surface area contributed by atoms with E-state index in [2.05, 4.69) is 20.9 Å². The van der Waals surface area contributed by atoms with Crippen LogP contribution in [0.1, 0.15) is 17.3 Å². The number of anilines is 1. The summed E-state index contributed by atoms with van der Waals surface area (Å²) >= 11 is 1.22. The van der Waals surface area contributed by atoms with Gasteiger partial charge in [-0.15, -0.1) is 11.3 Å². The van der Waals surface area contributed by atoms with Crippen LogP contribution < -0.4 is 16.0 Å². The van der Waals surface area contributed by atoms with Gasteiger partial charge < -0.3 is 16.0 Å². The Hall–Kier alpha value is -3.61. The van der Waals surface area contributed by atoms with Crippen LogP contribution in [0.25, 0.3) is 11.3 Å². The fourth-order valence-corrected chi connectivity index (χ4v) is 4.64. The maximum Gasteiger partial charge on any atom is 0.252 e. The van der Waals surface area contributed by atoms with Crippen molar-refractivity contribution in [2.75, 3.05) is 26.0 Å². The van der Waals surface area contributed by atoms with Crippen LogP contribution in [0.4, 0.5) is 5.13 Å². The summed E-state index contributed by atoms with van der Waals surface area (Å²) in [6.07, 6.45) is 0. The van der Waals surface area contributed by atoms with E-state index in [1.54, 1.807) is 5.38 Å². The van der Waals surface area contributed by atoms with Gasteiger partial charge in [0, 0.05) is 44.1 Å². The van der Waals surface area contributed by atoms with E-state index < -0.39 is 27.9 Å². The molecule has 10 nitrogen and oxygen atoms in total. The SMILES string of the molecule is CC(=O)NCC(NC(=O)c1cccc(S(=O)(=O)N(C)C)c1)C(=O)Nc1nc(-c2ccccc2)cs1. The fraction of sp³-hybridized carbons (Fsp3) is 0.217. The Bertz CT molecular complexity index is 1320. The average molecular weight is 516 g/mol. The lowest BCUT2D eigenvalue weighted by atomic mass is 10.2. The number of hydrogen-bond acceptors (Lipinski definition) is 7. The van der Waals surface area contributed by atoms with Crippen LogP contribution in [0, 0.1) is 0 Å². The lowest BCUT2D eigenvalue weighted by Gasteiger charge is -2.18. The van der Waals surface area contributed by atoms with Crippen LogP contribution in [0.5, 0.6) is 0 Å². The zero-order valence-electron chi connectivity index (χ0n) is 19.3. The normalized spacial score (nSPS) is 12.1. The fourth-order valence-electron chi connectivity index (χ4n) is 2.97. The molecule has 184 valence electrons. The van der Waals surface area contributed by atoms with Crippen molar-refractivity contribution in [3.05, 3.63) is 65.5 Å². The number of benzene rings is 2. The zero-order chi connectivity index (χ0) is 25.6. The van der Waals surface area contributed by atoms with Crippen LogP contribution in [0.15, 0.2) is 64.9 Å². The topological polar surface area (TPSA) is 138 Å². The van der Waals surface area contributed by atoms with Gasteiger partial charge >= 0.3 is 0 Å². The molecule has 0 aliphatic rings. The second-order valence-corrected chi connectivity index (χ2v) is 10.7. The van der Waals surface area contributed by atoms with Gasteiger partial charge in [0.15, 0.2) is 5.13 Å². The van der Waals surface area contributed by atoms with Crippen molar-refractivity contribution in [1.82, 2.24) is 19.9 Å². The molecule has 3 N–H and O–H groups in total. The molecule has 0 radical (unpaired) electrons. The van der Waals surface area contributed by atoms with Crippen LogP contribution in [-0.2, 0) is 19.6 Å². The minimum atomic E-state index is -3.75. The quantitative estimate of drug-likeness (QED) is 0.398. The van der Waals surface area contributed by atoms with Gasteiger partial charge in [0.2, 0.25) is 15.9 Å². The first kappa shape index (κ1) is 26.0. The Balaban J connectivity index is 1.77. The lowest BCUT2D eigenvalue weighted by Crippen LogP contribution is -2.50. The average Bonchev–Trinajstić information content (AvgIpc) is 3.30. The third-order valence-corrected chi connectivity index (χ3v) is 7.42. The first-order chi connectivity index (χ1) is 16.6. The summed E-state index contributed by atoms with van der Waals surface area (Å²) in [4.78, 5) is 41.6. The van der Waals surface area contributed by atoms with E-state index in [1.165, 1.54) is 56.6 Å². The van der Waals surface area contributed by atoms with Gasteiger partial charge in [0.25, 0.3) is 11.8 Å². The van der Waals surface area contributed by atoms with Crippen molar-refractivity contribution in [3.63, 3.8) is 0 Å². The number of nitrogens with one attached hydrogen (secondary N) is 3. The molecule has 0 saturated heterocycles. The molecule has 3 aromatic rings. The molecular formula is C23H25N5O5S2. The van der Waals surface area contributed by atoms with Gasteiger partial charge in [-0.2, -0.15) is 0 Å². The molecule has 35 heavy (non-hydrogen) atoms. The van der Waals surface area contributed by atoms with Crippen LogP contribution in [0.2, 0.25) is 0 Å². The van der Waals surface area contributed by atoms with Crippen LogP contribution in [0.3, 0.4) is 0 Å². The summed E-state index contributed by atoms with van der Waals surface area (Å²) in [6.45, 7) is 1.12. The van der Waals surface area contributed by atoms with Crippen molar-refractivity contribution in [2.45, 2.75) is 17.9 Å². The number of hydrogen-bond donors (Lipinski definition) is 3. The minimum Gasteiger partial charge on any atom is -0.354 e. The third kappa shape index (κ3) is 6.72. The zero-order valence-corrected chi connectivity index (χ0v) is 20.9. The standard InChI is InChI=1S/C23H25N5O5S2/c1-15(29)24-13-19(22(31)27-23-26-20(14-34-23)16-8-5-4-6-9-16)25-21(30)17-10-7-11-18(12-17)35(32,33)28(2)3/h4-12,14,19H,13H2,1-3H3,(H,24,29)(H,25,30)(H,26,27,31). The lowest BCUT2D eigenvalue weighted by molar-refractivity contribution is -0.120. The Morgan fingerprint density at radius 1 is 1.06 bits per heavy atom. The summed E-state index contributed by atoms with van der Waals surface area (Å²) in [5.41, 5.74) is 1.63. The van der Waals surface area contributed by atoms with Crippen molar-refractivity contribution in [3.8, 4) is 11.3 Å². The number of thiazole rings is 1. The predicted molar refractivity (Wildman–Crippen MR) is 133 cm³/mol. The molecule has 1 unspecified atom stereocenters. The van der Waals surface area contributed by atoms with E-state index in [0.717, 1.165) is 9.87 Å². The Kier molecular flexibility index (Phi) is 8.33. The molecule has 1 heterocycles. The summed E-state index contributed by atoms with van der Waals surface area (Å²) in [5, 5.41) is 9.86. The largest absolute Gasteiger partial charge is 0.354 e. The van der Waals surface area contributed by atoms with Gasteiger partial charge in [-0.3, -0.25) is 14.4 Å². The van der Waals surface area contributed by atoms with Crippen molar-refractivity contribution < 1.29 is 22.8 Å². The third-order valence-electron chi connectivity index (χ3n) is 4.86. The number of aromatic nitrogens is 1. The van der Waals surface area contributed by atoms with Crippen molar-refractivity contribution in [1.29, 1.82) is 0 Å². The molecule has 3 amide bonds. The molecule has 0 aliphatic heterocycles. The molecule has 1 aromatic heterocycles. The van der Waals surface area contributed by atoms with Gasteiger partial charge in [-0.25, -0.2) is 17.7 Å². The van der Waals surface area contributed by atoms with Crippen LogP contribution in [-0.4, -0.2) is 62.1 Å². The van der Waals surface area contributed by atoms with E-state index in [9.17, 15) is 22.8 Å². The molecular weight excluding hydrogens is 490 g/mol. The number of nitrogens with zero attached hydrogens (tertiary/aromatic N) is 2. The van der Waals surface area contributed by atoms with E-state index in [4.69, 9.17) is 0 Å². The van der Waals surface area contributed by atoms with E-state index in [0.29, 0.717) is 10.8 Å². The molecule has 0 bridgehead atoms. The molecule has 0 spiro atoms. The Morgan fingerprint density at radius 3 is 2.43 bits per heavy atom. The summed E-state index contributed by atoms with van der Waals surface area (Å²) in [6, 6.07) is 13.8.